The van der Waals surface area contributed by atoms with Crippen molar-refractivity contribution < 1.29 is 27.8 Å². The van der Waals surface area contributed by atoms with Crippen molar-refractivity contribution in [1.29, 1.82) is 0 Å². The lowest BCUT2D eigenvalue weighted by Crippen LogP contribution is -2.59. The molecule has 11 nitrogen and oxygen atoms in total. The molecule has 0 spiro atoms. The van der Waals surface area contributed by atoms with Crippen molar-refractivity contribution in [3.8, 4) is 0 Å². The smallest absolute Gasteiger partial charge is 0.272 e. The monoisotopic (exact) mass is 606 g/mol. The molecule has 0 unspecified atom stereocenters. The van der Waals surface area contributed by atoms with Gasteiger partial charge in [0.1, 0.15) is 0 Å². The molecule has 4 atom stereocenters. The van der Waals surface area contributed by atoms with Crippen LogP contribution in [0.3, 0.4) is 0 Å². The van der Waals surface area contributed by atoms with Crippen molar-refractivity contribution in [2.45, 2.75) is 63.3 Å². The fourth-order valence-corrected chi connectivity index (χ4v) is 7.07. The van der Waals surface area contributed by atoms with E-state index in [1.54, 1.807) is 48.2 Å². The van der Waals surface area contributed by atoms with Crippen molar-refractivity contribution in [2.24, 2.45) is 0 Å². The van der Waals surface area contributed by atoms with Crippen molar-refractivity contribution in [3.05, 3.63) is 111 Å². The molecule has 1 aliphatic heterocycles. The molecule has 1 heterocycles. The van der Waals surface area contributed by atoms with Gasteiger partial charge in [0.25, 0.3) is 17.5 Å². The van der Waals surface area contributed by atoms with Gasteiger partial charge in [-0.25, -0.2) is 18.6 Å². The number of hydrogen-bond donors (Lipinski definition) is 2. The molecule has 2 aliphatic rings. The summed E-state index contributed by atoms with van der Waals surface area (Å²) < 4.78 is 27.4. The number of nitro benzene ring substituents is 1. The average Bonchev–Trinajstić information content (AvgIpc) is 2.97. The van der Waals surface area contributed by atoms with Gasteiger partial charge in [0, 0.05) is 29.3 Å². The number of carbonyl (C=O) groups excluding carboxylic acids is 2. The highest BCUT2D eigenvalue weighted by Gasteiger charge is 2.49. The fourth-order valence-electron chi connectivity index (χ4n) is 6.25. The number of carbonyl (C=O) groups is 2. The number of aryl methyl sites for hydroxylation is 1. The minimum Gasteiger partial charge on any atom is -0.326 e. The molecule has 226 valence electrons. The van der Waals surface area contributed by atoms with E-state index in [4.69, 9.17) is 4.84 Å². The Hall–Kier alpha value is -4.13. The SMILES string of the molecule is Cc1ccc([C@H]2[C@H](C(=O)NOCc3ccccc3)c3ccccc3C(=O)N2[C@H]2CCCC[C@@H]2NS(C)(=O)=O)cc1[N+](=O)[O-]. The van der Waals surface area contributed by atoms with Gasteiger partial charge in [-0.05, 0) is 42.5 Å². The van der Waals surface area contributed by atoms with Crippen LogP contribution in [0, 0.1) is 17.0 Å². The van der Waals surface area contributed by atoms with E-state index in [0.717, 1.165) is 24.7 Å². The summed E-state index contributed by atoms with van der Waals surface area (Å²) in [4.78, 5) is 47.0. The largest absolute Gasteiger partial charge is 0.326 e. The van der Waals surface area contributed by atoms with Crippen LogP contribution >= 0.6 is 0 Å². The zero-order chi connectivity index (χ0) is 30.7. The third kappa shape index (κ3) is 6.61. The molecule has 5 rings (SSSR count). The van der Waals surface area contributed by atoms with Gasteiger partial charge in [0.05, 0.1) is 29.7 Å². The summed E-state index contributed by atoms with van der Waals surface area (Å²) in [5.41, 5.74) is 4.86. The predicted octanol–water partition coefficient (Wildman–Crippen LogP) is 4.29. The van der Waals surface area contributed by atoms with Crippen molar-refractivity contribution in [2.75, 3.05) is 6.26 Å². The second-order valence-corrected chi connectivity index (χ2v) is 12.9. The molecule has 1 aliphatic carbocycles. The molecule has 1 fully saturated rings. The van der Waals surface area contributed by atoms with Gasteiger partial charge in [-0.3, -0.25) is 24.5 Å². The van der Waals surface area contributed by atoms with E-state index < -0.39 is 44.9 Å². The van der Waals surface area contributed by atoms with Crippen LogP contribution in [0.2, 0.25) is 0 Å². The first-order chi connectivity index (χ1) is 20.5. The lowest BCUT2D eigenvalue weighted by Gasteiger charge is -2.49. The first-order valence-electron chi connectivity index (χ1n) is 14.1. The van der Waals surface area contributed by atoms with Crippen LogP contribution < -0.4 is 10.2 Å². The maximum absolute atomic E-state index is 14.3. The van der Waals surface area contributed by atoms with Gasteiger partial charge in [0.15, 0.2) is 0 Å². The minimum atomic E-state index is -3.62. The predicted molar refractivity (Wildman–Crippen MR) is 159 cm³/mol. The number of benzene rings is 3. The Morgan fingerprint density at radius 1 is 1.05 bits per heavy atom. The Kier molecular flexibility index (Phi) is 8.90. The Balaban J connectivity index is 1.63. The molecule has 0 aromatic heterocycles. The number of nitrogens with one attached hydrogen (secondary N) is 2. The Bertz CT molecular complexity index is 1630. The van der Waals surface area contributed by atoms with Crippen LogP contribution in [0.15, 0.2) is 72.8 Å². The van der Waals surface area contributed by atoms with Crippen molar-refractivity contribution in [3.63, 3.8) is 0 Å². The normalized spacial score (nSPS) is 22.1. The Morgan fingerprint density at radius 3 is 2.47 bits per heavy atom. The van der Waals surface area contributed by atoms with E-state index in [1.807, 2.05) is 30.3 Å². The standard InChI is InChI=1S/C31H34N4O7S/c1-20-16-17-22(18-27(20)35(38)39)29-28(30(36)32-42-19-21-10-4-3-5-11-21)23-12-6-7-13-24(23)31(37)34(29)26-15-9-8-14-25(26)33-43(2,40)41/h3-7,10-13,16-18,25-26,28-29,33H,8-9,14-15,19H2,1-2H3,(H,32,36)/t25-,26-,28+,29-/m0/s1. The van der Waals surface area contributed by atoms with Crippen molar-refractivity contribution in [1.82, 2.24) is 15.1 Å². The molecule has 43 heavy (non-hydrogen) atoms. The van der Waals surface area contributed by atoms with E-state index in [1.165, 1.54) is 6.07 Å². The van der Waals surface area contributed by atoms with Crippen LogP contribution in [0.4, 0.5) is 5.69 Å². The first kappa shape index (κ1) is 30.3. The van der Waals surface area contributed by atoms with Gasteiger partial charge in [-0.1, -0.05) is 73.5 Å². The summed E-state index contributed by atoms with van der Waals surface area (Å²) in [5, 5.41) is 12.0. The topological polar surface area (TPSA) is 148 Å². The van der Waals surface area contributed by atoms with Gasteiger partial charge in [0.2, 0.25) is 10.0 Å². The summed E-state index contributed by atoms with van der Waals surface area (Å²) >= 11 is 0. The highest BCUT2D eigenvalue weighted by molar-refractivity contribution is 7.88. The maximum atomic E-state index is 14.3. The number of nitrogens with zero attached hydrogens (tertiary/aromatic N) is 2. The summed E-state index contributed by atoms with van der Waals surface area (Å²) in [6.07, 6.45) is 3.58. The second-order valence-electron chi connectivity index (χ2n) is 11.1. The van der Waals surface area contributed by atoms with E-state index >= 15 is 0 Å². The number of rotatable bonds is 9. The molecular weight excluding hydrogens is 572 g/mol. The van der Waals surface area contributed by atoms with Crippen LogP contribution in [-0.2, 0) is 26.3 Å². The molecule has 12 heteroatoms. The third-order valence-electron chi connectivity index (χ3n) is 8.14. The lowest BCUT2D eigenvalue weighted by atomic mass is 9.76. The summed E-state index contributed by atoms with van der Waals surface area (Å²) in [5.74, 6) is -1.91. The number of fused-ring (bicyclic) bond motifs is 1. The van der Waals surface area contributed by atoms with E-state index in [0.29, 0.717) is 35.1 Å². The number of amides is 2. The molecule has 3 aromatic carbocycles. The lowest BCUT2D eigenvalue weighted by molar-refractivity contribution is -0.385. The van der Waals surface area contributed by atoms with Gasteiger partial charge in [-0.2, -0.15) is 0 Å². The van der Waals surface area contributed by atoms with Crippen LogP contribution in [0.1, 0.15) is 70.3 Å². The summed E-state index contributed by atoms with van der Waals surface area (Å²) in [7, 11) is -3.62. The fraction of sp³-hybridized carbons (Fsp3) is 0.355. The zero-order valence-corrected chi connectivity index (χ0v) is 24.8. The molecule has 2 N–H and O–H groups in total. The first-order valence-corrected chi connectivity index (χ1v) is 16.0. The molecule has 3 aromatic rings. The molecule has 1 saturated carbocycles. The third-order valence-corrected chi connectivity index (χ3v) is 8.87. The molecule has 0 saturated heterocycles. The van der Waals surface area contributed by atoms with E-state index in [-0.39, 0.29) is 18.2 Å². The highest BCUT2D eigenvalue weighted by Crippen LogP contribution is 2.46. The van der Waals surface area contributed by atoms with Crippen molar-refractivity contribution >= 4 is 27.5 Å². The maximum Gasteiger partial charge on any atom is 0.272 e. The summed E-state index contributed by atoms with van der Waals surface area (Å²) in [6.45, 7) is 1.73. The molecule has 0 radical (unpaired) electrons. The van der Waals surface area contributed by atoms with Gasteiger partial charge < -0.3 is 4.90 Å². The van der Waals surface area contributed by atoms with Crippen LogP contribution in [0.25, 0.3) is 0 Å². The second kappa shape index (κ2) is 12.6. The number of nitro groups is 1. The average molecular weight is 607 g/mol. The minimum absolute atomic E-state index is 0.104. The van der Waals surface area contributed by atoms with E-state index in [9.17, 15) is 28.1 Å². The molecular formula is C31H34N4O7S. The Labute approximate surface area is 250 Å². The zero-order valence-electron chi connectivity index (χ0n) is 23.9. The number of hydrogen-bond acceptors (Lipinski definition) is 7. The van der Waals surface area contributed by atoms with Gasteiger partial charge >= 0.3 is 0 Å². The number of hydroxylamine groups is 1. The summed E-state index contributed by atoms with van der Waals surface area (Å²) in [6, 6.07) is 18.6. The highest BCUT2D eigenvalue weighted by atomic mass is 32.2. The quantitative estimate of drug-likeness (QED) is 0.273. The van der Waals surface area contributed by atoms with Crippen LogP contribution in [0.5, 0.6) is 0 Å². The Morgan fingerprint density at radius 2 is 1.74 bits per heavy atom. The molecule has 0 bridgehead atoms. The van der Waals surface area contributed by atoms with Crippen LogP contribution in [-0.4, -0.2) is 48.4 Å². The van der Waals surface area contributed by atoms with Gasteiger partial charge in [-0.15, -0.1) is 0 Å². The number of sulfonamides is 1. The van der Waals surface area contributed by atoms with E-state index in [2.05, 4.69) is 10.2 Å². The molecule has 2 amide bonds.